The summed E-state index contributed by atoms with van der Waals surface area (Å²) in [6, 6.07) is 28.8. The molecule has 1 N–H and O–H groups in total. The molecule has 4 rings (SSSR count). The maximum absolute atomic E-state index is 3.77. The van der Waals surface area contributed by atoms with Gasteiger partial charge in [-0.2, -0.15) is 0 Å². The largest absolute Gasteiger partial charge is 0.378 e. The fourth-order valence-electron chi connectivity index (χ4n) is 3.96. The Morgan fingerprint density at radius 1 is 0.875 bits per heavy atom. The molecule has 0 aliphatic carbocycles. The normalized spacial score (nSPS) is 22.5. The number of rotatable bonds is 2. The van der Waals surface area contributed by atoms with Crippen LogP contribution in [0.25, 0.3) is 0 Å². The third-order valence-corrected chi connectivity index (χ3v) is 5.32. The summed E-state index contributed by atoms with van der Waals surface area (Å²) >= 11 is 0. The van der Waals surface area contributed by atoms with Crippen LogP contribution < -0.4 is 5.32 Å². The van der Waals surface area contributed by atoms with E-state index < -0.39 is 0 Å². The van der Waals surface area contributed by atoms with Crippen molar-refractivity contribution < 1.29 is 0 Å². The van der Waals surface area contributed by atoms with E-state index in [1.165, 1.54) is 27.9 Å². The summed E-state index contributed by atoms with van der Waals surface area (Å²) in [6.45, 7) is 4.56. The Hall–Kier alpha value is -2.54. The average molecular weight is 313 g/mol. The van der Waals surface area contributed by atoms with Gasteiger partial charge >= 0.3 is 0 Å². The van der Waals surface area contributed by atoms with Gasteiger partial charge in [-0.25, -0.2) is 0 Å². The minimum Gasteiger partial charge on any atom is -0.378 e. The Balaban J connectivity index is 1.87. The van der Waals surface area contributed by atoms with Crippen molar-refractivity contribution in [3.63, 3.8) is 0 Å². The maximum Gasteiger partial charge on any atom is 0.0525 e. The molecule has 0 radical (unpaired) electrons. The molecule has 0 fully saturated rings. The van der Waals surface area contributed by atoms with Gasteiger partial charge in [0.2, 0.25) is 0 Å². The van der Waals surface area contributed by atoms with Gasteiger partial charge in [-0.3, -0.25) is 0 Å². The zero-order chi connectivity index (χ0) is 16.6. The van der Waals surface area contributed by atoms with E-state index in [4.69, 9.17) is 0 Å². The molecule has 1 nitrogen and oxygen atoms in total. The van der Waals surface area contributed by atoms with E-state index in [0.717, 1.165) is 6.42 Å². The zero-order valence-corrected chi connectivity index (χ0v) is 14.3. The minimum absolute atomic E-state index is 0.00830. The van der Waals surface area contributed by atoms with E-state index in [2.05, 4.69) is 98.0 Å². The molecule has 1 heteroatoms. The smallest absolute Gasteiger partial charge is 0.0525 e. The third kappa shape index (κ3) is 2.50. The lowest BCUT2D eigenvalue weighted by Crippen LogP contribution is -2.34. The van der Waals surface area contributed by atoms with Crippen molar-refractivity contribution in [2.24, 2.45) is 0 Å². The molecule has 0 amide bonds. The molecule has 120 valence electrons. The molecule has 1 aliphatic rings. The van der Waals surface area contributed by atoms with Crippen LogP contribution in [0.15, 0.2) is 78.9 Å². The van der Waals surface area contributed by atoms with Crippen molar-refractivity contribution >= 4 is 5.69 Å². The number of hydrogen-bond acceptors (Lipinski definition) is 1. The second-order valence-electron chi connectivity index (χ2n) is 7.06. The number of anilines is 1. The molecule has 0 saturated carbocycles. The molecule has 0 bridgehead atoms. The molecule has 24 heavy (non-hydrogen) atoms. The number of benzene rings is 3. The summed E-state index contributed by atoms with van der Waals surface area (Å²) in [5.41, 5.74) is 6.72. The number of fused-ring (bicyclic) bond motifs is 1. The van der Waals surface area contributed by atoms with Gasteiger partial charge in [0.1, 0.15) is 0 Å². The van der Waals surface area contributed by atoms with Crippen LogP contribution in [0.4, 0.5) is 5.69 Å². The Bertz CT molecular complexity index is 838. The predicted octanol–water partition coefficient (Wildman–Crippen LogP) is 5.86. The lowest BCUT2D eigenvalue weighted by atomic mass is 9.68. The molecule has 0 unspecified atom stereocenters. The number of aryl methyl sites for hydroxylation is 1. The first kappa shape index (κ1) is 15.0. The van der Waals surface area contributed by atoms with Crippen LogP contribution in [0, 0.1) is 6.92 Å². The lowest BCUT2D eigenvalue weighted by Gasteiger charge is -2.42. The van der Waals surface area contributed by atoms with Gasteiger partial charge < -0.3 is 5.32 Å². The van der Waals surface area contributed by atoms with E-state index in [-0.39, 0.29) is 5.41 Å². The van der Waals surface area contributed by atoms with E-state index in [9.17, 15) is 0 Å². The summed E-state index contributed by atoms with van der Waals surface area (Å²) < 4.78 is 0. The molecule has 2 atom stereocenters. The highest BCUT2D eigenvalue weighted by molar-refractivity contribution is 5.62. The standard InChI is InChI=1S/C23H23N/c1-17-13-14-21-20(15-17)23(2,19-11-7-4-8-12-19)16-22(24-21)18-9-5-3-6-10-18/h3-15,22,24H,16H2,1-2H3/t22-,23+/m0/s1. The van der Waals surface area contributed by atoms with Gasteiger partial charge in [-0.1, -0.05) is 85.3 Å². The molecule has 0 saturated heterocycles. The minimum atomic E-state index is 0.00830. The van der Waals surface area contributed by atoms with Crippen molar-refractivity contribution in [2.75, 3.05) is 5.32 Å². The Labute approximate surface area is 144 Å². The summed E-state index contributed by atoms with van der Waals surface area (Å²) in [7, 11) is 0. The van der Waals surface area contributed by atoms with Gasteiger partial charge in [0.15, 0.2) is 0 Å². The average Bonchev–Trinajstić information content (AvgIpc) is 2.64. The van der Waals surface area contributed by atoms with E-state index >= 15 is 0 Å². The van der Waals surface area contributed by atoms with Crippen molar-refractivity contribution in [1.82, 2.24) is 0 Å². The Morgan fingerprint density at radius 3 is 2.25 bits per heavy atom. The molecular formula is C23H23N. The summed E-state index contributed by atoms with van der Waals surface area (Å²) in [5.74, 6) is 0. The summed E-state index contributed by atoms with van der Waals surface area (Å²) in [4.78, 5) is 0. The predicted molar refractivity (Wildman–Crippen MR) is 101 cm³/mol. The van der Waals surface area contributed by atoms with E-state index in [0.29, 0.717) is 6.04 Å². The first-order valence-corrected chi connectivity index (χ1v) is 8.65. The quantitative estimate of drug-likeness (QED) is 0.625. The van der Waals surface area contributed by atoms with Gasteiger partial charge in [-0.15, -0.1) is 0 Å². The Kier molecular flexibility index (Phi) is 3.65. The fraction of sp³-hybridized carbons (Fsp3) is 0.217. The molecule has 3 aromatic carbocycles. The number of hydrogen-bond donors (Lipinski definition) is 1. The van der Waals surface area contributed by atoms with Gasteiger partial charge in [0.05, 0.1) is 6.04 Å². The van der Waals surface area contributed by atoms with Crippen molar-refractivity contribution in [3.8, 4) is 0 Å². The summed E-state index contributed by atoms with van der Waals surface area (Å²) in [6.07, 6.45) is 1.05. The highest BCUT2D eigenvalue weighted by atomic mass is 14.9. The number of nitrogens with one attached hydrogen (secondary N) is 1. The first-order valence-electron chi connectivity index (χ1n) is 8.65. The molecule has 3 aromatic rings. The van der Waals surface area contributed by atoms with E-state index in [1.807, 2.05) is 0 Å². The fourth-order valence-corrected chi connectivity index (χ4v) is 3.96. The third-order valence-electron chi connectivity index (χ3n) is 5.32. The second-order valence-corrected chi connectivity index (χ2v) is 7.06. The van der Waals surface area contributed by atoms with Crippen LogP contribution in [-0.2, 0) is 5.41 Å². The highest BCUT2D eigenvalue weighted by Crippen LogP contribution is 2.48. The van der Waals surface area contributed by atoms with Crippen LogP contribution in [0.1, 0.15) is 41.6 Å². The van der Waals surface area contributed by atoms with Gasteiger partial charge in [-0.05, 0) is 36.1 Å². The highest BCUT2D eigenvalue weighted by Gasteiger charge is 2.38. The molecule has 0 aromatic heterocycles. The van der Waals surface area contributed by atoms with Crippen LogP contribution in [-0.4, -0.2) is 0 Å². The van der Waals surface area contributed by atoms with Crippen LogP contribution in [0.5, 0.6) is 0 Å². The first-order chi connectivity index (χ1) is 11.7. The van der Waals surface area contributed by atoms with Crippen molar-refractivity contribution in [3.05, 3.63) is 101 Å². The van der Waals surface area contributed by atoms with Crippen molar-refractivity contribution in [1.29, 1.82) is 0 Å². The molecule has 1 aliphatic heterocycles. The topological polar surface area (TPSA) is 12.0 Å². The van der Waals surface area contributed by atoms with Gasteiger partial charge in [0, 0.05) is 11.1 Å². The maximum atomic E-state index is 3.77. The SMILES string of the molecule is Cc1ccc2c(c1)[C@@](C)(c1ccccc1)C[C@@H](c1ccccc1)N2. The molecule has 1 heterocycles. The second kappa shape index (κ2) is 5.83. The summed E-state index contributed by atoms with van der Waals surface area (Å²) in [5, 5.41) is 3.77. The zero-order valence-electron chi connectivity index (χ0n) is 14.3. The van der Waals surface area contributed by atoms with Crippen LogP contribution >= 0.6 is 0 Å². The molecular weight excluding hydrogens is 290 g/mol. The van der Waals surface area contributed by atoms with E-state index in [1.54, 1.807) is 0 Å². The van der Waals surface area contributed by atoms with Gasteiger partial charge in [0.25, 0.3) is 0 Å². The Morgan fingerprint density at radius 2 is 1.54 bits per heavy atom. The molecule has 0 spiro atoms. The van der Waals surface area contributed by atoms with Crippen LogP contribution in [0.3, 0.4) is 0 Å². The van der Waals surface area contributed by atoms with Crippen molar-refractivity contribution in [2.45, 2.75) is 31.7 Å². The lowest BCUT2D eigenvalue weighted by molar-refractivity contribution is 0.459. The monoisotopic (exact) mass is 313 g/mol. The van der Waals surface area contributed by atoms with Crippen LogP contribution in [0.2, 0.25) is 0 Å².